The van der Waals surface area contributed by atoms with E-state index in [-0.39, 0.29) is 19.0 Å². The molecule has 0 aliphatic heterocycles. The first-order valence-corrected chi connectivity index (χ1v) is 1.99. The molecule has 0 heterocycles. The highest BCUT2D eigenvalue weighted by Gasteiger charge is 1.87. The molecule has 0 rings (SSSR count). The van der Waals surface area contributed by atoms with Crippen molar-refractivity contribution in [2.75, 3.05) is 0 Å². The molecule has 0 aromatic heterocycles. The molecule has 0 aliphatic carbocycles. The molecule has 0 fully saturated rings. The molecule has 0 saturated carbocycles. The summed E-state index contributed by atoms with van der Waals surface area (Å²) in [5.74, 6) is -0.711. The van der Waals surface area contributed by atoms with Gasteiger partial charge in [0.05, 0.1) is 0 Å². The zero-order chi connectivity index (χ0) is 4.99. The molecule has 0 aromatic carbocycles. The Bertz CT molecular complexity index is 55.2. The van der Waals surface area contributed by atoms with Crippen LogP contribution in [0, 0.1) is 0 Å². The lowest BCUT2D eigenvalue weighted by Gasteiger charge is -1.79. The van der Waals surface area contributed by atoms with Gasteiger partial charge in [0.15, 0.2) is 0 Å². The molecular weight excluding hydrogens is 128 g/mol. The Morgan fingerprint density at radius 3 is 2.00 bits per heavy atom. The first kappa shape index (κ1) is 15.7. The average molecular weight is 140 g/mol. The van der Waals surface area contributed by atoms with Crippen molar-refractivity contribution >= 4 is 19.5 Å². The molecule has 3 N–H and O–H groups in total. The fourth-order valence-electron chi connectivity index (χ4n) is 0.214. The Balaban J connectivity index is -0.000000125. The van der Waals surface area contributed by atoms with E-state index < -0.39 is 5.97 Å². The Kier molecular flexibility index (Phi) is 19.4. The van der Waals surface area contributed by atoms with Crippen LogP contribution in [0.15, 0.2) is 0 Å². The second-order valence-electron chi connectivity index (χ2n) is 1.14. The van der Waals surface area contributed by atoms with Crippen molar-refractivity contribution in [1.82, 2.24) is 0 Å². The number of hydrogen-bond acceptors (Lipinski definition) is 1. The lowest BCUT2D eigenvalue weighted by Crippen LogP contribution is -1.90. The molecule has 52 valence electrons. The van der Waals surface area contributed by atoms with Gasteiger partial charge >= 0.3 is 5.97 Å². The van der Waals surface area contributed by atoms with Gasteiger partial charge in [0.1, 0.15) is 0 Å². The minimum atomic E-state index is -0.711. The summed E-state index contributed by atoms with van der Waals surface area (Å²) in [7, 11) is 0. The predicted molar refractivity (Wildman–Crippen MR) is 36.5 cm³/mol. The van der Waals surface area contributed by atoms with E-state index in [0.717, 1.165) is 6.42 Å². The van der Waals surface area contributed by atoms with Crippen LogP contribution in [-0.4, -0.2) is 16.6 Å². The van der Waals surface area contributed by atoms with Gasteiger partial charge < -0.3 is 10.6 Å². The van der Waals surface area contributed by atoms with Crippen LogP contribution in [-0.2, 0) is 4.79 Å². The summed E-state index contributed by atoms with van der Waals surface area (Å²) < 4.78 is 0. The van der Waals surface area contributed by atoms with Gasteiger partial charge in [0.2, 0.25) is 0 Å². The van der Waals surface area contributed by atoms with E-state index in [1.165, 1.54) is 0 Å². The largest absolute Gasteiger partial charge is 0.481 e. The topological polar surface area (TPSA) is 68.8 Å². The maximum Gasteiger partial charge on any atom is 0.303 e. The van der Waals surface area contributed by atoms with Crippen molar-refractivity contribution in [3.05, 3.63) is 0 Å². The highest BCUT2D eigenvalue weighted by Crippen LogP contribution is 1.82. The fraction of sp³-hybridized carbons (Fsp3) is 0.750. The number of hydrogen-bond donors (Lipinski definition) is 1. The van der Waals surface area contributed by atoms with Gasteiger partial charge in [0.25, 0.3) is 0 Å². The summed E-state index contributed by atoms with van der Waals surface area (Å²) in [5.41, 5.74) is 0. The molecule has 0 spiro atoms. The van der Waals surface area contributed by atoms with Crippen LogP contribution >= 0.6 is 13.5 Å². The van der Waals surface area contributed by atoms with Crippen molar-refractivity contribution in [2.24, 2.45) is 0 Å². The quantitative estimate of drug-likeness (QED) is 0.593. The monoisotopic (exact) mass is 140 g/mol. The minimum absolute atomic E-state index is 0. The van der Waals surface area contributed by atoms with Crippen molar-refractivity contribution in [3.63, 3.8) is 0 Å². The van der Waals surface area contributed by atoms with E-state index >= 15 is 0 Å². The number of carboxylic acids is 1. The van der Waals surface area contributed by atoms with Gasteiger partial charge in [-0.2, -0.15) is 13.5 Å². The summed E-state index contributed by atoms with van der Waals surface area (Å²) >= 11 is 0. The van der Waals surface area contributed by atoms with Crippen molar-refractivity contribution in [2.45, 2.75) is 19.8 Å². The van der Waals surface area contributed by atoms with Gasteiger partial charge in [-0.1, -0.05) is 6.92 Å². The number of aliphatic carboxylic acids is 1. The van der Waals surface area contributed by atoms with Gasteiger partial charge in [-0.3, -0.25) is 4.79 Å². The first-order valence-electron chi connectivity index (χ1n) is 1.99. The molecule has 0 radical (unpaired) electrons. The standard InChI is InChI=1S/C4H8O2.H2O.H2S/c1-2-3-4(5)6;;/h2-3H2,1H3,(H,5,6);2*1H2. The van der Waals surface area contributed by atoms with Crippen LogP contribution in [0.3, 0.4) is 0 Å². The van der Waals surface area contributed by atoms with Crippen LogP contribution in [0.1, 0.15) is 19.8 Å². The second-order valence-corrected chi connectivity index (χ2v) is 1.14. The molecule has 0 bridgehead atoms. The summed E-state index contributed by atoms with van der Waals surface area (Å²) in [6, 6.07) is 0. The Morgan fingerprint density at radius 1 is 1.62 bits per heavy atom. The SMILES string of the molecule is CCCC(=O)O.O.S. The molecule has 0 aliphatic rings. The summed E-state index contributed by atoms with van der Waals surface area (Å²) in [4.78, 5) is 9.60. The van der Waals surface area contributed by atoms with E-state index in [0.29, 0.717) is 6.42 Å². The zero-order valence-corrected chi connectivity index (χ0v) is 5.77. The predicted octanol–water partition coefficient (Wildman–Crippen LogP) is 0.159. The Morgan fingerprint density at radius 2 is 2.00 bits per heavy atom. The van der Waals surface area contributed by atoms with E-state index in [9.17, 15) is 4.79 Å². The third-order valence-electron chi connectivity index (χ3n) is 0.464. The average Bonchev–Trinajstić information content (AvgIpc) is 1.35. The first-order chi connectivity index (χ1) is 2.77. The molecular formula is C4H12O3S. The van der Waals surface area contributed by atoms with Gasteiger partial charge in [-0.05, 0) is 6.42 Å². The molecule has 0 atom stereocenters. The summed E-state index contributed by atoms with van der Waals surface area (Å²) in [5, 5.41) is 7.91. The van der Waals surface area contributed by atoms with E-state index in [1.807, 2.05) is 6.92 Å². The van der Waals surface area contributed by atoms with Crippen molar-refractivity contribution in [3.8, 4) is 0 Å². The minimum Gasteiger partial charge on any atom is -0.481 e. The van der Waals surface area contributed by atoms with Gasteiger partial charge in [-0.15, -0.1) is 0 Å². The summed E-state index contributed by atoms with van der Waals surface area (Å²) in [6.07, 6.45) is 1.02. The van der Waals surface area contributed by atoms with E-state index in [4.69, 9.17) is 5.11 Å². The number of rotatable bonds is 2. The lowest BCUT2D eigenvalue weighted by atomic mass is 10.4. The Hall–Kier alpha value is -0.220. The van der Waals surface area contributed by atoms with E-state index in [2.05, 4.69) is 0 Å². The highest BCUT2D eigenvalue weighted by molar-refractivity contribution is 7.59. The normalized spacial score (nSPS) is 6.12. The van der Waals surface area contributed by atoms with E-state index in [1.54, 1.807) is 0 Å². The van der Waals surface area contributed by atoms with Crippen LogP contribution in [0.5, 0.6) is 0 Å². The fourth-order valence-corrected chi connectivity index (χ4v) is 0.214. The molecule has 0 aromatic rings. The van der Waals surface area contributed by atoms with Crippen LogP contribution in [0.25, 0.3) is 0 Å². The molecule has 4 heteroatoms. The zero-order valence-electron chi connectivity index (χ0n) is 4.77. The molecule has 0 amide bonds. The third kappa shape index (κ3) is 17.1. The van der Waals surface area contributed by atoms with Crippen LogP contribution in [0.4, 0.5) is 0 Å². The third-order valence-corrected chi connectivity index (χ3v) is 0.464. The van der Waals surface area contributed by atoms with Crippen LogP contribution in [0.2, 0.25) is 0 Å². The van der Waals surface area contributed by atoms with Gasteiger partial charge in [0, 0.05) is 6.42 Å². The van der Waals surface area contributed by atoms with Crippen LogP contribution < -0.4 is 0 Å². The molecule has 8 heavy (non-hydrogen) atoms. The van der Waals surface area contributed by atoms with Crippen molar-refractivity contribution in [1.29, 1.82) is 0 Å². The molecule has 3 nitrogen and oxygen atoms in total. The number of carbonyl (C=O) groups is 1. The lowest BCUT2D eigenvalue weighted by molar-refractivity contribution is -0.137. The maximum absolute atomic E-state index is 9.60. The highest BCUT2D eigenvalue weighted by atomic mass is 32.1. The molecule has 0 saturated heterocycles. The van der Waals surface area contributed by atoms with Gasteiger partial charge in [-0.25, -0.2) is 0 Å². The smallest absolute Gasteiger partial charge is 0.303 e. The second kappa shape index (κ2) is 9.91. The number of carboxylic acid groups (broad SMARTS) is 1. The maximum atomic E-state index is 9.60. The Labute approximate surface area is 55.5 Å². The van der Waals surface area contributed by atoms with Crippen molar-refractivity contribution < 1.29 is 15.4 Å². The summed E-state index contributed by atoms with van der Waals surface area (Å²) in [6.45, 7) is 1.84. The molecule has 0 unspecified atom stereocenters.